The van der Waals surface area contributed by atoms with Gasteiger partial charge in [0.2, 0.25) is 0 Å². The van der Waals surface area contributed by atoms with E-state index in [0.29, 0.717) is 11.9 Å². The largest absolute Gasteiger partial charge is 0.505 e. The first-order valence-corrected chi connectivity index (χ1v) is 2.18. The Labute approximate surface area is 48.1 Å². The molecule has 0 aromatic carbocycles. The molecule has 0 amide bonds. The van der Waals surface area contributed by atoms with Gasteiger partial charge < -0.3 is 5.11 Å². The molecule has 0 rings (SSSR count). The summed E-state index contributed by atoms with van der Waals surface area (Å²) in [5.41, 5.74) is 0.662. The third-order valence-electron chi connectivity index (χ3n) is 0.515. The lowest BCUT2D eigenvalue weighted by atomic mass is 10.3. The van der Waals surface area contributed by atoms with Gasteiger partial charge in [-0.3, -0.25) is 4.79 Å². The molecule has 0 aromatic rings. The highest BCUT2D eigenvalue weighted by Crippen LogP contribution is 1.91. The molecule has 0 saturated heterocycles. The Bertz CT molecular complexity index is 133. The Morgan fingerprint density at radius 1 is 1.75 bits per heavy atom. The topological polar surface area (TPSA) is 37.3 Å². The van der Waals surface area contributed by atoms with Gasteiger partial charge in [-0.2, -0.15) is 0 Å². The predicted molar refractivity (Wildman–Crippen MR) is 31.6 cm³/mol. The van der Waals surface area contributed by atoms with E-state index in [4.69, 9.17) is 5.11 Å². The monoisotopic (exact) mass is 112 g/mol. The summed E-state index contributed by atoms with van der Waals surface area (Å²) in [5.74, 6) is -0.280. The van der Waals surface area contributed by atoms with Crippen LogP contribution in [0.2, 0.25) is 0 Å². The molecule has 8 heavy (non-hydrogen) atoms. The smallest absolute Gasteiger partial charge is 0.184 e. The summed E-state index contributed by atoms with van der Waals surface area (Å²) in [6, 6.07) is 0. The number of aliphatic hydroxyl groups is 1. The van der Waals surface area contributed by atoms with Crippen LogP contribution in [-0.2, 0) is 4.79 Å². The first-order valence-electron chi connectivity index (χ1n) is 2.18. The SMILES string of the molecule is C=C(C)/C=C(/O)C=O. The molecule has 0 bridgehead atoms. The van der Waals surface area contributed by atoms with Crippen LogP contribution < -0.4 is 0 Å². The van der Waals surface area contributed by atoms with E-state index in [1.807, 2.05) is 0 Å². The summed E-state index contributed by atoms with van der Waals surface area (Å²) in [6.45, 7) is 5.14. The van der Waals surface area contributed by atoms with E-state index >= 15 is 0 Å². The number of hydrogen-bond acceptors (Lipinski definition) is 2. The van der Waals surface area contributed by atoms with Crippen LogP contribution in [0.4, 0.5) is 0 Å². The number of aliphatic hydroxyl groups excluding tert-OH is 1. The van der Waals surface area contributed by atoms with Crippen LogP contribution in [0, 0.1) is 0 Å². The fourth-order valence-electron chi connectivity index (χ4n) is 0.286. The Balaban J connectivity index is 3.94. The van der Waals surface area contributed by atoms with E-state index in [-0.39, 0.29) is 5.76 Å². The molecule has 0 spiro atoms. The molecule has 0 atom stereocenters. The highest BCUT2D eigenvalue weighted by molar-refractivity contribution is 5.70. The van der Waals surface area contributed by atoms with Gasteiger partial charge in [-0.25, -0.2) is 0 Å². The van der Waals surface area contributed by atoms with Gasteiger partial charge in [0.1, 0.15) is 0 Å². The van der Waals surface area contributed by atoms with Crippen LogP contribution in [0.15, 0.2) is 24.0 Å². The van der Waals surface area contributed by atoms with Gasteiger partial charge in [-0.15, -0.1) is 0 Å². The molecular weight excluding hydrogens is 104 g/mol. The van der Waals surface area contributed by atoms with Gasteiger partial charge in [0.15, 0.2) is 12.0 Å². The molecule has 0 aliphatic rings. The average Bonchev–Trinajstić information content (AvgIpc) is 1.65. The predicted octanol–water partition coefficient (Wildman–Crippen LogP) is 1.20. The third-order valence-corrected chi connectivity index (χ3v) is 0.515. The van der Waals surface area contributed by atoms with Crippen molar-refractivity contribution in [2.24, 2.45) is 0 Å². The molecule has 0 fully saturated rings. The fourth-order valence-corrected chi connectivity index (χ4v) is 0.286. The highest BCUT2D eigenvalue weighted by atomic mass is 16.3. The molecule has 0 radical (unpaired) electrons. The Morgan fingerprint density at radius 3 is 2.38 bits per heavy atom. The quantitative estimate of drug-likeness (QED) is 0.252. The summed E-state index contributed by atoms with van der Waals surface area (Å²) in [6.07, 6.45) is 1.67. The highest BCUT2D eigenvalue weighted by Gasteiger charge is 1.83. The third kappa shape index (κ3) is 3.15. The van der Waals surface area contributed by atoms with Gasteiger partial charge in [0, 0.05) is 0 Å². The molecule has 1 N–H and O–H groups in total. The van der Waals surface area contributed by atoms with Crippen molar-refractivity contribution in [3.05, 3.63) is 24.0 Å². The molecule has 0 unspecified atom stereocenters. The van der Waals surface area contributed by atoms with Crippen LogP contribution in [-0.4, -0.2) is 11.4 Å². The van der Waals surface area contributed by atoms with Crippen molar-refractivity contribution >= 4 is 6.29 Å². The van der Waals surface area contributed by atoms with Crippen LogP contribution in [0.1, 0.15) is 6.92 Å². The minimum absolute atomic E-state index is 0.280. The fraction of sp³-hybridized carbons (Fsp3) is 0.167. The maximum atomic E-state index is 9.68. The van der Waals surface area contributed by atoms with Gasteiger partial charge in [-0.1, -0.05) is 12.2 Å². The summed E-state index contributed by atoms with van der Waals surface area (Å²) < 4.78 is 0. The summed E-state index contributed by atoms with van der Waals surface area (Å²) in [4.78, 5) is 9.68. The zero-order valence-corrected chi connectivity index (χ0v) is 4.72. The number of carbonyl (C=O) groups is 1. The van der Waals surface area contributed by atoms with E-state index in [1.165, 1.54) is 6.08 Å². The van der Waals surface area contributed by atoms with Crippen LogP contribution >= 0.6 is 0 Å². The molecular formula is C6H8O2. The number of aldehydes is 1. The summed E-state index contributed by atoms with van der Waals surface area (Å²) in [7, 11) is 0. The lowest BCUT2D eigenvalue weighted by molar-refractivity contribution is -0.106. The lowest BCUT2D eigenvalue weighted by Crippen LogP contribution is -1.79. The minimum Gasteiger partial charge on any atom is -0.505 e. The number of hydrogen-bond donors (Lipinski definition) is 1. The minimum atomic E-state index is -0.280. The summed E-state index contributed by atoms with van der Waals surface area (Å²) in [5, 5.41) is 8.46. The van der Waals surface area contributed by atoms with E-state index in [1.54, 1.807) is 6.92 Å². The number of allylic oxidation sites excluding steroid dienone is 3. The first kappa shape index (κ1) is 6.95. The van der Waals surface area contributed by atoms with E-state index < -0.39 is 0 Å². The second-order valence-corrected chi connectivity index (χ2v) is 1.53. The van der Waals surface area contributed by atoms with E-state index in [9.17, 15) is 4.79 Å². The molecule has 44 valence electrons. The van der Waals surface area contributed by atoms with Crippen molar-refractivity contribution < 1.29 is 9.90 Å². The second-order valence-electron chi connectivity index (χ2n) is 1.53. The number of carbonyl (C=O) groups excluding carboxylic acids is 1. The zero-order chi connectivity index (χ0) is 6.57. The van der Waals surface area contributed by atoms with Gasteiger partial charge in [0.05, 0.1) is 0 Å². The van der Waals surface area contributed by atoms with Crippen LogP contribution in [0.5, 0.6) is 0 Å². The molecule has 0 saturated carbocycles. The van der Waals surface area contributed by atoms with E-state index in [0.717, 1.165) is 0 Å². The maximum absolute atomic E-state index is 9.68. The normalized spacial score (nSPS) is 10.9. The van der Waals surface area contributed by atoms with Gasteiger partial charge in [-0.05, 0) is 13.0 Å². The van der Waals surface area contributed by atoms with Crippen LogP contribution in [0.3, 0.4) is 0 Å². The van der Waals surface area contributed by atoms with Crippen molar-refractivity contribution in [1.82, 2.24) is 0 Å². The first-order chi connectivity index (χ1) is 3.66. The lowest BCUT2D eigenvalue weighted by Gasteiger charge is -1.84. The zero-order valence-electron chi connectivity index (χ0n) is 4.72. The Hall–Kier alpha value is -1.05. The second kappa shape index (κ2) is 3.02. The average molecular weight is 112 g/mol. The Kier molecular flexibility index (Phi) is 2.62. The van der Waals surface area contributed by atoms with Crippen molar-refractivity contribution in [2.45, 2.75) is 6.92 Å². The summed E-state index contributed by atoms with van der Waals surface area (Å²) >= 11 is 0. The molecule has 0 aliphatic heterocycles. The van der Waals surface area contributed by atoms with Crippen LogP contribution in [0.25, 0.3) is 0 Å². The van der Waals surface area contributed by atoms with Crippen molar-refractivity contribution in [2.75, 3.05) is 0 Å². The van der Waals surface area contributed by atoms with Crippen molar-refractivity contribution in [3.8, 4) is 0 Å². The number of rotatable bonds is 2. The molecule has 2 heteroatoms. The molecule has 0 aromatic heterocycles. The van der Waals surface area contributed by atoms with Crippen molar-refractivity contribution in [3.63, 3.8) is 0 Å². The van der Waals surface area contributed by atoms with E-state index in [2.05, 4.69) is 6.58 Å². The van der Waals surface area contributed by atoms with Crippen molar-refractivity contribution in [1.29, 1.82) is 0 Å². The molecule has 0 aliphatic carbocycles. The van der Waals surface area contributed by atoms with Gasteiger partial charge in [0.25, 0.3) is 0 Å². The Morgan fingerprint density at radius 2 is 2.25 bits per heavy atom. The maximum Gasteiger partial charge on any atom is 0.184 e. The van der Waals surface area contributed by atoms with Gasteiger partial charge >= 0.3 is 0 Å². The molecule has 2 nitrogen and oxygen atoms in total. The molecule has 0 heterocycles. The standard InChI is InChI=1S/C6H8O2/c1-5(2)3-6(8)4-7/h3-4,8H,1H2,2H3/b6-3+.